The first-order valence-corrected chi connectivity index (χ1v) is 6.12. The van der Waals surface area contributed by atoms with E-state index in [-0.39, 0.29) is 11.6 Å². The number of halogens is 5. The summed E-state index contributed by atoms with van der Waals surface area (Å²) >= 11 is 11.8. The van der Waals surface area contributed by atoms with Crippen LogP contribution in [-0.4, -0.2) is 9.78 Å². The van der Waals surface area contributed by atoms with Crippen LogP contribution in [-0.2, 0) is 12.7 Å². The second-order valence-electron chi connectivity index (χ2n) is 3.95. The Bertz CT molecular complexity index is 698. The zero-order chi connectivity index (χ0) is 14.9. The summed E-state index contributed by atoms with van der Waals surface area (Å²) in [7, 11) is 0. The molecule has 0 aliphatic heterocycles. The van der Waals surface area contributed by atoms with Gasteiger partial charge in [-0.3, -0.25) is 4.79 Å². The summed E-state index contributed by atoms with van der Waals surface area (Å²) in [6.45, 7) is -0.0592. The van der Waals surface area contributed by atoms with Crippen LogP contribution in [0, 0.1) is 0 Å². The summed E-state index contributed by atoms with van der Waals surface area (Å²) in [5.74, 6) is 0. The van der Waals surface area contributed by atoms with Crippen molar-refractivity contribution in [3.05, 3.63) is 62.0 Å². The van der Waals surface area contributed by atoms with Crippen LogP contribution < -0.4 is 5.56 Å². The van der Waals surface area contributed by atoms with Gasteiger partial charge in [-0.25, -0.2) is 4.68 Å². The fourth-order valence-electron chi connectivity index (χ4n) is 1.54. The monoisotopic (exact) mass is 322 g/mol. The van der Waals surface area contributed by atoms with Gasteiger partial charge in [-0.1, -0.05) is 35.3 Å². The maximum atomic E-state index is 12.4. The Kier molecular flexibility index (Phi) is 4.06. The van der Waals surface area contributed by atoms with Crippen LogP contribution in [0.3, 0.4) is 0 Å². The minimum atomic E-state index is -4.60. The molecule has 0 saturated carbocycles. The van der Waals surface area contributed by atoms with Crippen LogP contribution in [0.4, 0.5) is 13.2 Å². The van der Waals surface area contributed by atoms with Crippen LogP contribution in [0.25, 0.3) is 0 Å². The molecule has 0 spiro atoms. The SMILES string of the molecule is O=c1cc(C(F)(F)F)cnn1Cc1cccc(Cl)c1Cl. The highest BCUT2D eigenvalue weighted by Gasteiger charge is 2.31. The highest BCUT2D eigenvalue weighted by Crippen LogP contribution is 2.28. The van der Waals surface area contributed by atoms with E-state index in [9.17, 15) is 18.0 Å². The predicted octanol–water partition coefficient (Wildman–Crippen LogP) is 3.62. The van der Waals surface area contributed by atoms with Crippen molar-refractivity contribution in [3.8, 4) is 0 Å². The second kappa shape index (κ2) is 5.46. The van der Waals surface area contributed by atoms with E-state index in [0.717, 1.165) is 4.68 Å². The first-order valence-electron chi connectivity index (χ1n) is 5.36. The average Bonchev–Trinajstić information content (AvgIpc) is 2.36. The topological polar surface area (TPSA) is 34.9 Å². The summed E-state index contributed by atoms with van der Waals surface area (Å²) in [6.07, 6.45) is -4.00. The molecule has 1 heterocycles. The predicted molar refractivity (Wildman–Crippen MR) is 69.1 cm³/mol. The van der Waals surface area contributed by atoms with Gasteiger partial charge in [-0.15, -0.1) is 0 Å². The minimum Gasteiger partial charge on any atom is -0.268 e. The van der Waals surface area contributed by atoms with E-state index in [1.54, 1.807) is 18.2 Å². The highest BCUT2D eigenvalue weighted by molar-refractivity contribution is 6.42. The lowest BCUT2D eigenvalue weighted by molar-refractivity contribution is -0.138. The summed E-state index contributed by atoms with van der Waals surface area (Å²) < 4.78 is 38.1. The van der Waals surface area contributed by atoms with E-state index >= 15 is 0 Å². The Morgan fingerprint density at radius 3 is 2.55 bits per heavy atom. The molecule has 0 bridgehead atoms. The molecule has 1 aromatic carbocycles. The Balaban J connectivity index is 2.36. The molecule has 106 valence electrons. The van der Waals surface area contributed by atoms with Crippen LogP contribution in [0.15, 0.2) is 35.3 Å². The molecule has 0 atom stereocenters. The molecule has 20 heavy (non-hydrogen) atoms. The number of hydrogen-bond acceptors (Lipinski definition) is 2. The van der Waals surface area contributed by atoms with Crippen LogP contribution in [0.5, 0.6) is 0 Å². The van der Waals surface area contributed by atoms with Crippen LogP contribution in [0.2, 0.25) is 10.0 Å². The third-order valence-electron chi connectivity index (χ3n) is 2.55. The lowest BCUT2D eigenvalue weighted by atomic mass is 10.2. The zero-order valence-electron chi connectivity index (χ0n) is 9.79. The lowest BCUT2D eigenvalue weighted by Crippen LogP contribution is -2.25. The van der Waals surface area contributed by atoms with Crippen molar-refractivity contribution in [2.45, 2.75) is 12.7 Å². The van der Waals surface area contributed by atoms with Gasteiger partial charge in [-0.05, 0) is 11.6 Å². The number of nitrogens with zero attached hydrogens (tertiary/aromatic N) is 2. The molecule has 2 aromatic rings. The first kappa shape index (κ1) is 14.9. The molecule has 0 saturated heterocycles. The van der Waals surface area contributed by atoms with E-state index in [2.05, 4.69) is 5.10 Å². The fourth-order valence-corrected chi connectivity index (χ4v) is 1.92. The largest absolute Gasteiger partial charge is 0.418 e. The van der Waals surface area contributed by atoms with Crippen LogP contribution >= 0.6 is 23.2 Å². The van der Waals surface area contributed by atoms with E-state index in [1.807, 2.05) is 0 Å². The minimum absolute atomic E-state index is 0.0592. The van der Waals surface area contributed by atoms with E-state index in [4.69, 9.17) is 23.2 Å². The van der Waals surface area contributed by atoms with E-state index in [1.165, 1.54) is 0 Å². The third-order valence-corrected chi connectivity index (χ3v) is 3.41. The van der Waals surface area contributed by atoms with Crippen molar-refractivity contribution in [3.63, 3.8) is 0 Å². The molecule has 2 rings (SSSR count). The van der Waals surface area contributed by atoms with E-state index < -0.39 is 17.3 Å². The van der Waals surface area contributed by atoms with Crippen molar-refractivity contribution in [1.29, 1.82) is 0 Å². The Morgan fingerprint density at radius 2 is 1.95 bits per heavy atom. The summed E-state index contributed by atoms with van der Waals surface area (Å²) in [4.78, 5) is 11.6. The standard InChI is InChI=1S/C12H7Cl2F3N2O/c13-9-3-1-2-7(11(9)14)6-19-10(20)4-8(5-18-19)12(15,16)17/h1-5H,6H2. The molecule has 0 radical (unpaired) electrons. The smallest absolute Gasteiger partial charge is 0.268 e. The highest BCUT2D eigenvalue weighted by atomic mass is 35.5. The number of alkyl halides is 3. The third kappa shape index (κ3) is 3.13. The van der Waals surface area contributed by atoms with Gasteiger partial charge < -0.3 is 0 Å². The number of hydrogen-bond donors (Lipinski definition) is 0. The quantitative estimate of drug-likeness (QED) is 0.846. The molecule has 0 unspecified atom stereocenters. The summed E-state index contributed by atoms with van der Waals surface area (Å²) in [5.41, 5.74) is -1.46. The first-order chi connectivity index (χ1) is 9.29. The van der Waals surface area contributed by atoms with Crippen LogP contribution in [0.1, 0.15) is 11.1 Å². The molecule has 0 N–H and O–H groups in total. The summed E-state index contributed by atoms with van der Waals surface area (Å²) in [6, 6.07) is 5.29. The van der Waals surface area contributed by atoms with Crippen molar-refractivity contribution in [1.82, 2.24) is 9.78 Å². The Morgan fingerprint density at radius 1 is 1.25 bits per heavy atom. The molecule has 0 aliphatic carbocycles. The van der Waals surface area contributed by atoms with Gasteiger partial charge in [0, 0.05) is 6.07 Å². The number of aromatic nitrogens is 2. The van der Waals surface area contributed by atoms with Crippen molar-refractivity contribution in [2.75, 3.05) is 0 Å². The van der Waals surface area contributed by atoms with Gasteiger partial charge in [0.2, 0.25) is 0 Å². The molecule has 3 nitrogen and oxygen atoms in total. The van der Waals surface area contributed by atoms with Crippen molar-refractivity contribution in [2.24, 2.45) is 0 Å². The molecule has 0 amide bonds. The zero-order valence-corrected chi connectivity index (χ0v) is 11.3. The molecule has 8 heteroatoms. The normalized spacial score (nSPS) is 11.7. The second-order valence-corrected chi connectivity index (χ2v) is 4.74. The lowest BCUT2D eigenvalue weighted by Gasteiger charge is -2.09. The van der Waals surface area contributed by atoms with Gasteiger partial charge in [0.1, 0.15) is 0 Å². The van der Waals surface area contributed by atoms with E-state index in [0.29, 0.717) is 22.8 Å². The summed E-state index contributed by atoms with van der Waals surface area (Å²) in [5, 5.41) is 4.03. The maximum Gasteiger partial charge on any atom is 0.418 e. The molecular weight excluding hydrogens is 316 g/mol. The Labute approximate surface area is 121 Å². The fraction of sp³-hybridized carbons (Fsp3) is 0.167. The average molecular weight is 323 g/mol. The van der Waals surface area contributed by atoms with Gasteiger partial charge in [-0.2, -0.15) is 18.3 Å². The molecule has 0 fully saturated rings. The molecule has 1 aromatic heterocycles. The van der Waals surface area contributed by atoms with Gasteiger partial charge in [0.05, 0.1) is 28.4 Å². The van der Waals surface area contributed by atoms with Crippen molar-refractivity contribution < 1.29 is 13.2 Å². The van der Waals surface area contributed by atoms with Crippen molar-refractivity contribution >= 4 is 23.2 Å². The number of benzene rings is 1. The number of rotatable bonds is 2. The van der Waals surface area contributed by atoms with Gasteiger partial charge in [0.25, 0.3) is 5.56 Å². The van der Waals surface area contributed by atoms with Gasteiger partial charge >= 0.3 is 6.18 Å². The Hall–Kier alpha value is -1.53. The van der Waals surface area contributed by atoms with Gasteiger partial charge in [0.15, 0.2) is 0 Å². The molecule has 0 aliphatic rings. The maximum absolute atomic E-state index is 12.4. The molecular formula is C12H7Cl2F3N2O.